The molecule has 0 aliphatic carbocycles. The average molecular weight is 267 g/mol. The Bertz CT molecular complexity index is 636. The maximum atomic E-state index is 11.1. The molecule has 1 heterocycles. The van der Waals surface area contributed by atoms with Crippen LogP contribution in [-0.2, 0) is 10.0 Å². The van der Waals surface area contributed by atoms with Gasteiger partial charge in [0.2, 0.25) is 10.0 Å². The Labute approximate surface area is 105 Å². The molecule has 0 unspecified atom stereocenters. The molecule has 0 atom stereocenters. The minimum Gasteiger partial charge on any atom is -0.284 e. The quantitative estimate of drug-likeness (QED) is 0.856. The van der Waals surface area contributed by atoms with Crippen LogP contribution >= 0.6 is 0 Å². The molecule has 7 nitrogen and oxygen atoms in total. The Hall–Kier alpha value is -2.09. The van der Waals surface area contributed by atoms with Gasteiger partial charge in [0, 0.05) is 5.69 Å². The lowest BCUT2D eigenvalue weighted by molar-refractivity contribution is 0.607. The maximum absolute atomic E-state index is 11.1. The molecule has 18 heavy (non-hydrogen) atoms. The van der Waals surface area contributed by atoms with E-state index < -0.39 is 10.0 Å². The van der Waals surface area contributed by atoms with E-state index in [0.29, 0.717) is 5.69 Å². The van der Waals surface area contributed by atoms with Gasteiger partial charge in [-0.1, -0.05) is 0 Å². The zero-order valence-corrected chi connectivity index (χ0v) is 10.8. The van der Waals surface area contributed by atoms with Crippen molar-refractivity contribution >= 4 is 21.4 Å². The summed E-state index contributed by atoms with van der Waals surface area (Å²) < 4.78 is 24.6. The van der Waals surface area contributed by atoms with Crippen molar-refractivity contribution in [2.24, 2.45) is 0 Å². The molecule has 2 N–H and O–H groups in total. The summed E-state index contributed by atoms with van der Waals surface area (Å²) in [4.78, 5) is 5.28. The minimum atomic E-state index is -3.25. The summed E-state index contributed by atoms with van der Waals surface area (Å²) >= 11 is 0. The first-order valence-electron chi connectivity index (χ1n) is 5.14. The van der Waals surface area contributed by atoms with Crippen molar-refractivity contribution in [3.05, 3.63) is 36.4 Å². The van der Waals surface area contributed by atoms with Gasteiger partial charge < -0.3 is 0 Å². The molecule has 0 spiro atoms. The Balaban J connectivity index is 2.20. The van der Waals surface area contributed by atoms with E-state index in [2.05, 4.69) is 20.2 Å². The van der Waals surface area contributed by atoms with Gasteiger partial charge in [-0.2, -0.15) is 4.79 Å². The lowest BCUT2D eigenvalue weighted by atomic mass is 10.2. The molecule has 2 aromatic rings. The number of benzene rings is 1. The van der Waals surface area contributed by atoms with Crippen LogP contribution < -0.4 is 10.1 Å². The largest absolute Gasteiger partial charge is 0.284 e. The second kappa shape index (κ2) is 4.65. The van der Waals surface area contributed by atoms with Gasteiger partial charge in [0.15, 0.2) is 0 Å². The van der Waals surface area contributed by atoms with Crippen LogP contribution in [0, 0.1) is 6.92 Å². The van der Waals surface area contributed by atoms with Crippen LogP contribution in [-0.4, -0.2) is 29.5 Å². The summed E-state index contributed by atoms with van der Waals surface area (Å²) in [6.07, 6.45) is 4.06. The number of anilines is 2. The molecule has 0 saturated carbocycles. The van der Waals surface area contributed by atoms with E-state index in [1.165, 1.54) is 17.4 Å². The van der Waals surface area contributed by atoms with Crippen LogP contribution in [0.25, 0.3) is 0 Å². The van der Waals surface area contributed by atoms with Crippen LogP contribution in [0.15, 0.2) is 30.9 Å². The standard InChI is InChI=1S/C10H13N5O2S/c1-8-5-9(14-18(2,16)17)3-4-10(8)13-15-7-11-6-12-15/h3-7,13-14H,1-2H3. The predicted molar refractivity (Wildman–Crippen MR) is 68.7 cm³/mol. The van der Waals surface area contributed by atoms with Gasteiger partial charge in [-0.3, -0.25) is 10.1 Å². The smallest absolute Gasteiger partial charge is 0.229 e. The Morgan fingerprint density at radius 2 is 2.11 bits per heavy atom. The van der Waals surface area contributed by atoms with Crippen molar-refractivity contribution in [3.8, 4) is 0 Å². The van der Waals surface area contributed by atoms with E-state index >= 15 is 0 Å². The van der Waals surface area contributed by atoms with Crippen molar-refractivity contribution in [1.82, 2.24) is 14.9 Å². The number of hydrogen-bond donors (Lipinski definition) is 2. The van der Waals surface area contributed by atoms with Crippen molar-refractivity contribution in [2.75, 3.05) is 16.4 Å². The molecule has 0 saturated heterocycles. The third-order valence-electron chi connectivity index (χ3n) is 2.18. The van der Waals surface area contributed by atoms with Crippen molar-refractivity contribution in [1.29, 1.82) is 0 Å². The fourth-order valence-electron chi connectivity index (χ4n) is 1.46. The SMILES string of the molecule is Cc1cc(NS(C)(=O)=O)ccc1Nn1cncn1. The first-order chi connectivity index (χ1) is 8.44. The molecular weight excluding hydrogens is 254 g/mol. The highest BCUT2D eigenvalue weighted by Crippen LogP contribution is 2.20. The molecule has 0 bridgehead atoms. The molecule has 0 radical (unpaired) electrons. The Morgan fingerprint density at radius 3 is 2.67 bits per heavy atom. The molecule has 0 aliphatic rings. The zero-order chi connectivity index (χ0) is 13.2. The monoisotopic (exact) mass is 267 g/mol. The van der Waals surface area contributed by atoms with Gasteiger partial charge in [0.05, 0.1) is 11.9 Å². The number of aryl methyl sites for hydroxylation is 1. The van der Waals surface area contributed by atoms with E-state index in [0.717, 1.165) is 17.5 Å². The fraction of sp³-hybridized carbons (Fsp3) is 0.200. The van der Waals surface area contributed by atoms with Crippen LogP contribution in [0.5, 0.6) is 0 Å². The highest BCUT2D eigenvalue weighted by atomic mass is 32.2. The molecular formula is C10H13N5O2S. The summed E-state index contributed by atoms with van der Waals surface area (Å²) in [6.45, 7) is 1.87. The molecule has 1 aromatic heterocycles. The van der Waals surface area contributed by atoms with Gasteiger partial charge in [-0.25, -0.2) is 13.4 Å². The number of sulfonamides is 1. The van der Waals surface area contributed by atoms with Gasteiger partial charge in [-0.15, -0.1) is 5.10 Å². The summed E-state index contributed by atoms with van der Waals surface area (Å²) in [5.74, 6) is 0. The topological polar surface area (TPSA) is 88.9 Å². The van der Waals surface area contributed by atoms with Crippen LogP contribution in [0.1, 0.15) is 5.56 Å². The van der Waals surface area contributed by atoms with E-state index in [4.69, 9.17) is 0 Å². The van der Waals surface area contributed by atoms with Crippen molar-refractivity contribution in [3.63, 3.8) is 0 Å². The number of nitrogens with one attached hydrogen (secondary N) is 2. The Morgan fingerprint density at radius 1 is 1.33 bits per heavy atom. The van der Waals surface area contributed by atoms with Gasteiger partial charge in [-0.05, 0) is 30.7 Å². The zero-order valence-electron chi connectivity index (χ0n) is 9.95. The molecule has 2 rings (SSSR count). The predicted octanol–water partition coefficient (Wildman–Crippen LogP) is 0.833. The summed E-state index contributed by atoms with van der Waals surface area (Å²) in [6, 6.07) is 5.18. The first-order valence-corrected chi connectivity index (χ1v) is 7.03. The molecule has 0 amide bonds. The number of nitrogens with zero attached hydrogens (tertiary/aromatic N) is 3. The first kappa shape index (κ1) is 12.4. The van der Waals surface area contributed by atoms with Crippen LogP contribution in [0.2, 0.25) is 0 Å². The molecule has 0 aliphatic heterocycles. The van der Waals surface area contributed by atoms with Gasteiger partial charge in [0.25, 0.3) is 0 Å². The van der Waals surface area contributed by atoms with E-state index in [1.807, 2.05) is 6.92 Å². The highest BCUT2D eigenvalue weighted by molar-refractivity contribution is 7.92. The van der Waals surface area contributed by atoms with E-state index in [-0.39, 0.29) is 0 Å². The third-order valence-corrected chi connectivity index (χ3v) is 2.79. The van der Waals surface area contributed by atoms with Gasteiger partial charge >= 0.3 is 0 Å². The lowest BCUT2D eigenvalue weighted by Crippen LogP contribution is -2.12. The number of rotatable bonds is 4. The molecule has 0 fully saturated rings. The third kappa shape index (κ3) is 3.20. The molecule has 8 heteroatoms. The number of hydrogen-bond acceptors (Lipinski definition) is 5. The minimum absolute atomic E-state index is 0.527. The fourth-order valence-corrected chi connectivity index (χ4v) is 2.01. The molecule has 1 aromatic carbocycles. The average Bonchev–Trinajstić information content (AvgIpc) is 2.72. The summed E-state index contributed by atoms with van der Waals surface area (Å²) in [5.41, 5.74) is 5.24. The highest BCUT2D eigenvalue weighted by Gasteiger charge is 2.04. The molecule has 96 valence electrons. The van der Waals surface area contributed by atoms with Crippen molar-refractivity contribution < 1.29 is 8.42 Å². The normalized spacial score (nSPS) is 11.2. The van der Waals surface area contributed by atoms with Gasteiger partial charge in [0.1, 0.15) is 12.7 Å². The lowest BCUT2D eigenvalue weighted by Gasteiger charge is -2.11. The van der Waals surface area contributed by atoms with Crippen LogP contribution in [0.3, 0.4) is 0 Å². The second-order valence-electron chi connectivity index (χ2n) is 3.86. The van der Waals surface area contributed by atoms with E-state index in [1.54, 1.807) is 18.2 Å². The van der Waals surface area contributed by atoms with Crippen LogP contribution in [0.4, 0.5) is 11.4 Å². The van der Waals surface area contributed by atoms with Crippen molar-refractivity contribution in [2.45, 2.75) is 6.92 Å². The van der Waals surface area contributed by atoms with E-state index in [9.17, 15) is 8.42 Å². The summed E-state index contributed by atoms with van der Waals surface area (Å²) in [5, 5.41) is 3.92. The maximum Gasteiger partial charge on any atom is 0.229 e. The number of aromatic nitrogens is 3. The summed E-state index contributed by atoms with van der Waals surface area (Å²) in [7, 11) is -3.25. The Kier molecular flexibility index (Phi) is 3.19. The second-order valence-corrected chi connectivity index (χ2v) is 5.60.